The van der Waals surface area contributed by atoms with Crippen LogP contribution < -0.4 is 0 Å². The maximum Gasteiger partial charge on any atom is 0.0725 e. The number of hydrogen-bond acceptors (Lipinski definition) is 2. The van der Waals surface area contributed by atoms with Gasteiger partial charge in [0.15, 0.2) is 0 Å². The van der Waals surface area contributed by atoms with Gasteiger partial charge in [-0.25, -0.2) is 0 Å². The van der Waals surface area contributed by atoms with E-state index in [1.165, 1.54) is 26.8 Å². The molecule has 17 heavy (non-hydrogen) atoms. The minimum atomic E-state index is 0.623. The van der Waals surface area contributed by atoms with Crippen LogP contribution >= 0.6 is 11.8 Å². The van der Waals surface area contributed by atoms with Crippen LogP contribution in [0.3, 0.4) is 0 Å². The van der Waals surface area contributed by atoms with Crippen molar-refractivity contribution < 1.29 is 0 Å². The molecule has 0 saturated carbocycles. The van der Waals surface area contributed by atoms with Crippen LogP contribution in [0.4, 0.5) is 0 Å². The average molecular weight is 243 g/mol. The summed E-state index contributed by atoms with van der Waals surface area (Å²) in [5.41, 5.74) is 4.30. The molecule has 1 atom stereocenters. The van der Waals surface area contributed by atoms with E-state index in [1.54, 1.807) is 0 Å². The molecule has 0 radical (unpaired) electrons. The fourth-order valence-electron chi connectivity index (χ4n) is 2.79. The zero-order valence-corrected chi connectivity index (χ0v) is 11.2. The zero-order valence-electron chi connectivity index (χ0n) is 10.4. The van der Waals surface area contributed by atoms with Crippen molar-refractivity contribution in [3.05, 3.63) is 51.9 Å². The van der Waals surface area contributed by atoms with Crippen molar-refractivity contribution in [2.75, 3.05) is 6.54 Å². The third-order valence-corrected chi connectivity index (χ3v) is 4.87. The van der Waals surface area contributed by atoms with Crippen LogP contribution in [0.15, 0.2) is 40.8 Å². The van der Waals surface area contributed by atoms with Crippen LogP contribution in [0, 0.1) is 5.92 Å². The molecule has 2 aliphatic rings. The fourth-order valence-corrected chi connectivity index (χ4v) is 3.97. The lowest BCUT2D eigenvalue weighted by molar-refractivity contribution is 0.545. The van der Waals surface area contributed by atoms with Gasteiger partial charge in [0.05, 0.1) is 10.7 Å². The van der Waals surface area contributed by atoms with Gasteiger partial charge in [-0.15, -0.1) is 0 Å². The molecule has 3 rings (SSSR count). The highest BCUT2D eigenvalue weighted by molar-refractivity contribution is 8.07. The van der Waals surface area contributed by atoms with E-state index in [0.717, 1.165) is 13.0 Å². The normalized spacial score (nSPS) is 22.8. The van der Waals surface area contributed by atoms with Gasteiger partial charge in [0, 0.05) is 17.0 Å². The largest absolute Gasteiger partial charge is 0.336 e. The third kappa shape index (κ3) is 1.54. The van der Waals surface area contributed by atoms with Gasteiger partial charge in [0.2, 0.25) is 0 Å². The van der Waals surface area contributed by atoms with Gasteiger partial charge in [0.25, 0.3) is 0 Å². The minimum absolute atomic E-state index is 0.623. The number of nitrogens with zero attached hydrogens (tertiary/aromatic N) is 1. The number of thioether (sulfide) groups is 1. The summed E-state index contributed by atoms with van der Waals surface area (Å²) in [6.45, 7) is 9.71. The van der Waals surface area contributed by atoms with Crippen molar-refractivity contribution in [1.29, 1.82) is 0 Å². The Morgan fingerprint density at radius 1 is 1.41 bits per heavy atom. The SMILES string of the molecule is C=C1SC2=C(c3ccccc3CC2C)N1CC. The van der Waals surface area contributed by atoms with Gasteiger partial charge in [-0.1, -0.05) is 49.5 Å². The Kier molecular flexibility index (Phi) is 2.55. The van der Waals surface area contributed by atoms with Gasteiger partial charge in [-0.3, -0.25) is 0 Å². The lowest BCUT2D eigenvalue weighted by Gasteiger charge is -2.27. The van der Waals surface area contributed by atoms with Gasteiger partial charge in [-0.05, 0) is 24.8 Å². The predicted octanol–water partition coefficient (Wildman–Crippen LogP) is 4.09. The number of hydrogen-bond donors (Lipinski definition) is 0. The van der Waals surface area contributed by atoms with Crippen LogP contribution in [0.25, 0.3) is 5.70 Å². The second-order valence-corrected chi connectivity index (χ2v) is 5.83. The molecule has 0 spiro atoms. The molecule has 1 aromatic rings. The molecule has 88 valence electrons. The summed E-state index contributed by atoms with van der Waals surface area (Å²) in [6, 6.07) is 8.79. The molecule has 1 nitrogen and oxygen atoms in total. The average Bonchev–Trinajstić information content (AvgIpc) is 2.67. The van der Waals surface area contributed by atoms with Crippen LogP contribution in [0.1, 0.15) is 25.0 Å². The first-order valence-electron chi connectivity index (χ1n) is 6.19. The molecule has 1 heterocycles. The topological polar surface area (TPSA) is 3.24 Å². The quantitative estimate of drug-likeness (QED) is 0.731. The number of fused-ring (bicyclic) bond motifs is 2. The molecule has 0 saturated heterocycles. The van der Waals surface area contributed by atoms with Crippen LogP contribution in [-0.4, -0.2) is 11.4 Å². The Balaban J connectivity index is 2.19. The van der Waals surface area contributed by atoms with E-state index >= 15 is 0 Å². The predicted molar refractivity (Wildman–Crippen MR) is 75.3 cm³/mol. The summed E-state index contributed by atoms with van der Waals surface area (Å²) >= 11 is 1.86. The van der Waals surface area contributed by atoms with Crippen molar-refractivity contribution >= 4 is 17.5 Å². The smallest absolute Gasteiger partial charge is 0.0725 e. The first kappa shape index (κ1) is 11.0. The maximum absolute atomic E-state index is 4.19. The number of allylic oxidation sites excluding steroid dienone is 1. The fraction of sp³-hybridized carbons (Fsp3) is 0.333. The van der Waals surface area contributed by atoms with Gasteiger partial charge >= 0.3 is 0 Å². The van der Waals surface area contributed by atoms with E-state index in [4.69, 9.17) is 0 Å². The standard InChI is InChI=1S/C15H17NS/c1-4-16-11(3)17-15-10(2)9-12-7-5-6-8-13(12)14(15)16/h5-8,10H,3-4,9H2,1-2H3. The number of benzene rings is 1. The first-order chi connectivity index (χ1) is 8.22. The summed E-state index contributed by atoms with van der Waals surface area (Å²) in [6.07, 6.45) is 1.16. The highest BCUT2D eigenvalue weighted by Crippen LogP contribution is 2.51. The molecular formula is C15H17NS. The van der Waals surface area contributed by atoms with Crippen LogP contribution in [-0.2, 0) is 6.42 Å². The van der Waals surface area contributed by atoms with E-state index in [2.05, 4.69) is 49.6 Å². The molecule has 2 heteroatoms. The molecule has 1 aliphatic carbocycles. The monoisotopic (exact) mass is 243 g/mol. The van der Waals surface area contributed by atoms with E-state index in [1.807, 2.05) is 11.8 Å². The van der Waals surface area contributed by atoms with Crippen molar-refractivity contribution in [3.63, 3.8) is 0 Å². The Morgan fingerprint density at radius 3 is 2.94 bits per heavy atom. The van der Waals surface area contributed by atoms with Crippen molar-refractivity contribution in [1.82, 2.24) is 4.90 Å². The first-order valence-corrected chi connectivity index (χ1v) is 7.00. The zero-order chi connectivity index (χ0) is 12.0. The second kappa shape index (κ2) is 3.95. The summed E-state index contributed by atoms with van der Waals surface area (Å²) in [4.78, 5) is 3.87. The molecule has 1 aromatic carbocycles. The van der Waals surface area contributed by atoms with Crippen LogP contribution in [0.2, 0.25) is 0 Å². The van der Waals surface area contributed by atoms with Gasteiger partial charge in [0.1, 0.15) is 0 Å². The summed E-state index contributed by atoms with van der Waals surface area (Å²) in [5, 5.41) is 1.18. The third-order valence-electron chi connectivity index (χ3n) is 3.59. The Hall–Kier alpha value is -1.15. The highest BCUT2D eigenvalue weighted by Gasteiger charge is 2.34. The van der Waals surface area contributed by atoms with E-state index in [0.29, 0.717) is 5.92 Å². The summed E-state index contributed by atoms with van der Waals surface area (Å²) in [5.74, 6) is 0.623. The molecule has 0 aromatic heterocycles. The molecule has 0 fully saturated rings. The molecular weight excluding hydrogens is 226 g/mol. The lowest BCUT2D eigenvalue weighted by Crippen LogP contribution is -2.20. The molecule has 0 N–H and O–H groups in total. The number of rotatable bonds is 1. The Morgan fingerprint density at radius 2 is 2.18 bits per heavy atom. The van der Waals surface area contributed by atoms with Crippen molar-refractivity contribution in [3.8, 4) is 0 Å². The Labute approximate surface area is 107 Å². The van der Waals surface area contributed by atoms with E-state index < -0.39 is 0 Å². The molecule has 0 amide bonds. The second-order valence-electron chi connectivity index (χ2n) is 4.72. The Bertz CT molecular complexity index is 515. The maximum atomic E-state index is 4.19. The van der Waals surface area contributed by atoms with Crippen molar-refractivity contribution in [2.45, 2.75) is 20.3 Å². The van der Waals surface area contributed by atoms with Gasteiger partial charge < -0.3 is 4.90 Å². The summed E-state index contributed by atoms with van der Waals surface area (Å²) in [7, 11) is 0. The highest BCUT2D eigenvalue weighted by atomic mass is 32.2. The van der Waals surface area contributed by atoms with E-state index in [-0.39, 0.29) is 0 Å². The van der Waals surface area contributed by atoms with Gasteiger partial charge in [-0.2, -0.15) is 0 Å². The minimum Gasteiger partial charge on any atom is -0.336 e. The van der Waals surface area contributed by atoms with Crippen LogP contribution in [0.5, 0.6) is 0 Å². The van der Waals surface area contributed by atoms with Crippen molar-refractivity contribution in [2.24, 2.45) is 5.92 Å². The summed E-state index contributed by atoms with van der Waals surface area (Å²) < 4.78 is 0. The lowest BCUT2D eigenvalue weighted by atomic mass is 9.88. The molecule has 1 aliphatic heterocycles. The molecule has 1 unspecified atom stereocenters. The molecule has 0 bridgehead atoms. The van der Waals surface area contributed by atoms with E-state index in [9.17, 15) is 0 Å².